The average molecular weight is 371 g/mol. The van der Waals surface area contributed by atoms with Gasteiger partial charge in [-0.1, -0.05) is 25.4 Å². The first-order valence-electron chi connectivity index (χ1n) is 9.35. The smallest absolute Gasteiger partial charge is 0.253 e. The van der Waals surface area contributed by atoms with E-state index in [-0.39, 0.29) is 24.4 Å². The number of amides is 2. The SMILES string of the molecule is CCCc1cc(CNC(=O)c2ccc(N3CCNC(=O)C3CC)nc2)on1. The fourth-order valence-corrected chi connectivity index (χ4v) is 3.17. The Labute approximate surface area is 158 Å². The molecule has 1 fully saturated rings. The highest BCUT2D eigenvalue weighted by Crippen LogP contribution is 2.18. The average Bonchev–Trinajstić information content (AvgIpc) is 3.14. The van der Waals surface area contributed by atoms with Crippen molar-refractivity contribution in [2.75, 3.05) is 18.0 Å². The summed E-state index contributed by atoms with van der Waals surface area (Å²) in [5, 5.41) is 9.64. The lowest BCUT2D eigenvalue weighted by atomic mass is 10.1. The van der Waals surface area contributed by atoms with E-state index in [1.807, 2.05) is 17.9 Å². The van der Waals surface area contributed by atoms with E-state index in [0.29, 0.717) is 36.7 Å². The predicted octanol–water partition coefficient (Wildman–Crippen LogP) is 1.67. The van der Waals surface area contributed by atoms with Crippen LogP contribution in [-0.2, 0) is 17.8 Å². The van der Waals surface area contributed by atoms with Crippen molar-refractivity contribution in [3.05, 3.63) is 41.4 Å². The number of aromatic nitrogens is 2. The molecule has 8 heteroatoms. The van der Waals surface area contributed by atoms with Crippen LogP contribution in [0, 0.1) is 0 Å². The summed E-state index contributed by atoms with van der Waals surface area (Å²) in [6.45, 7) is 5.62. The number of nitrogens with one attached hydrogen (secondary N) is 2. The monoisotopic (exact) mass is 371 g/mol. The molecule has 0 spiro atoms. The normalized spacial score (nSPS) is 16.9. The lowest BCUT2D eigenvalue weighted by Crippen LogP contribution is -2.55. The number of carbonyl (C=O) groups is 2. The summed E-state index contributed by atoms with van der Waals surface area (Å²) in [5.41, 5.74) is 1.35. The Balaban J connectivity index is 1.60. The second kappa shape index (κ2) is 8.66. The quantitative estimate of drug-likeness (QED) is 0.768. The first kappa shape index (κ1) is 18.9. The summed E-state index contributed by atoms with van der Waals surface area (Å²) in [5.74, 6) is 1.11. The maximum absolute atomic E-state index is 12.3. The van der Waals surface area contributed by atoms with Crippen molar-refractivity contribution in [2.24, 2.45) is 0 Å². The van der Waals surface area contributed by atoms with Gasteiger partial charge in [0.1, 0.15) is 11.9 Å². The van der Waals surface area contributed by atoms with Gasteiger partial charge in [-0.3, -0.25) is 9.59 Å². The third-order valence-electron chi connectivity index (χ3n) is 4.56. The van der Waals surface area contributed by atoms with Gasteiger partial charge < -0.3 is 20.1 Å². The van der Waals surface area contributed by atoms with Gasteiger partial charge >= 0.3 is 0 Å². The molecule has 144 valence electrons. The number of rotatable bonds is 7. The van der Waals surface area contributed by atoms with Crippen molar-refractivity contribution in [3.8, 4) is 0 Å². The van der Waals surface area contributed by atoms with E-state index in [1.54, 1.807) is 12.1 Å². The highest BCUT2D eigenvalue weighted by atomic mass is 16.5. The number of anilines is 1. The van der Waals surface area contributed by atoms with Gasteiger partial charge in [0.05, 0.1) is 17.8 Å². The van der Waals surface area contributed by atoms with E-state index >= 15 is 0 Å². The van der Waals surface area contributed by atoms with E-state index in [1.165, 1.54) is 6.20 Å². The van der Waals surface area contributed by atoms with Crippen molar-refractivity contribution in [1.82, 2.24) is 20.8 Å². The molecule has 27 heavy (non-hydrogen) atoms. The lowest BCUT2D eigenvalue weighted by molar-refractivity contribution is -0.123. The first-order valence-corrected chi connectivity index (χ1v) is 9.35. The molecular formula is C19H25N5O3. The van der Waals surface area contributed by atoms with E-state index < -0.39 is 0 Å². The van der Waals surface area contributed by atoms with Crippen molar-refractivity contribution in [1.29, 1.82) is 0 Å². The molecule has 1 atom stereocenters. The summed E-state index contributed by atoms with van der Waals surface area (Å²) in [6.07, 6.45) is 4.09. The molecule has 2 aromatic rings. The lowest BCUT2D eigenvalue weighted by Gasteiger charge is -2.35. The molecule has 1 aliphatic rings. The van der Waals surface area contributed by atoms with Crippen LogP contribution in [0.1, 0.15) is 48.5 Å². The van der Waals surface area contributed by atoms with E-state index in [2.05, 4.69) is 27.7 Å². The minimum Gasteiger partial charge on any atom is -0.359 e. The molecule has 1 saturated heterocycles. The Morgan fingerprint density at radius 2 is 2.26 bits per heavy atom. The first-order chi connectivity index (χ1) is 13.1. The minimum absolute atomic E-state index is 0.0156. The Morgan fingerprint density at radius 3 is 2.96 bits per heavy atom. The van der Waals surface area contributed by atoms with Gasteiger partial charge in [-0.15, -0.1) is 0 Å². The van der Waals surface area contributed by atoms with Gasteiger partial charge in [0.15, 0.2) is 5.76 Å². The Morgan fingerprint density at radius 1 is 1.41 bits per heavy atom. The number of hydrogen-bond acceptors (Lipinski definition) is 6. The molecule has 2 N–H and O–H groups in total. The molecule has 1 aliphatic heterocycles. The van der Waals surface area contributed by atoms with Crippen LogP contribution < -0.4 is 15.5 Å². The fraction of sp³-hybridized carbons (Fsp3) is 0.474. The van der Waals surface area contributed by atoms with Crippen LogP contribution in [0.15, 0.2) is 28.9 Å². The molecule has 0 saturated carbocycles. The maximum Gasteiger partial charge on any atom is 0.253 e. The van der Waals surface area contributed by atoms with Crippen LogP contribution in [0.3, 0.4) is 0 Å². The number of aryl methyl sites for hydroxylation is 1. The summed E-state index contributed by atoms with van der Waals surface area (Å²) in [6, 6.07) is 5.14. The molecule has 1 unspecified atom stereocenters. The number of nitrogens with zero attached hydrogens (tertiary/aromatic N) is 3. The highest BCUT2D eigenvalue weighted by Gasteiger charge is 2.28. The molecule has 2 amide bonds. The third-order valence-corrected chi connectivity index (χ3v) is 4.56. The Hall–Kier alpha value is -2.90. The molecule has 0 radical (unpaired) electrons. The van der Waals surface area contributed by atoms with Crippen LogP contribution in [0.25, 0.3) is 0 Å². The van der Waals surface area contributed by atoms with Crippen LogP contribution in [0.5, 0.6) is 0 Å². The van der Waals surface area contributed by atoms with Gasteiger partial charge in [0, 0.05) is 25.4 Å². The molecule has 0 aromatic carbocycles. The second-order valence-corrected chi connectivity index (χ2v) is 6.53. The number of piperazine rings is 1. The summed E-state index contributed by atoms with van der Waals surface area (Å²) >= 11 is 0. The molecule has 0 aliphatic carbocycles. The van der Waals surface area contributed by atoms with Crippen molar-refractivity contribution in [2.45, 2.75) is 45.7 Å². The largest absolute Gasteiger partial charge is 0.359 e. The van der Waals surface area contributed by atoms with Gasteiger partial charge in [-0.25, -0.2) is 4.98 Å². The standard InChI is InChI=1S/C19H25N5O3/c1-3-5-14-10-15(27-23-14)12-22-18(25)13-6-7-17(21-11-13)24-9-8-20-19(26)16(24)4-2/h6-7,10-11,16H,3-5,8-9,12H2,1-2H3,(H,20,26)(H,22,25). The van der Waals surface area contributed by atoms with Gasteiger partial charge in [-0.05, 0) is 25.0 Å². The summed E-state index contributed by atoms with van der Waals surface area (Å²) in [7, 11) is 0. The van der Waals surface area contributed by atoms with Gasteiger partial charge in [0.2, 0.25) is 5.91 Å². The van der Waals surface area contributed by atoms with E-state index in [9.17, 15) is 9.59 Å². The zero-order valence-corrected chi connectivity index (χ0v) is 15.7. The molecule has 3 heterocycles. The van der Waals surface area contributed by atoms with Crippen molar-refractivity contribution < 1.29 is 14.1 Å². The van der Waals surface area contributed by atoms with Crippen molar-refractivity contribution >= 4 is 17.6 Å². The topological polar surface area (TPSA) is 100 Å². The zero-order chi connectivity index (χ0) is 19.2. The molecule has 3 rings (SSSR count). The minimum atomic E-state index is -0.231. The van der Waals surface area contributed by atoms with Crippen molar-refractivity contribution in [3.63, 3.8) is 0 Å². The number of pyridine rings is 1. The fourth-order valence-electron chi connectivity index (χ4n) is 3.17. The van der Waals surface area contributed by atoms with Gasteiger partial charge in [0.25, 0.3) is 5.91 Å². The molecule has 2 aromatic heterocycles. The Kier molecular flexibility index (Phi) is 6.05. The second-order valence-electron chi connectivity index (χ2n) is 6.53. The Bertz CT molecular complexity index is 787. The molecule has 0 bridgehead atoms. The highest BCUT2D eigenvalue weighted by molar-refractivity contribution is 5.94. The molecular weight excluding hydrogens is 346 g/mol. The van der Waals surface area contributed by atoms with Crippen LogP contribution >= 0.6 is 0 Å². The predicted molar refractivity (Wildman–Crippen MR) is 100 cm³/mol. The van der Waals surface area contributed by atoms with Crippen LogP contribution in [0.2, 0.25) is 0 Å². The van der Waals surface area contributed by atoms with E-state index in [4.69, 9.17) is 4.52 Å². The van der Waals surface area contributed by atoms with Gasteiger partial charge in [-0.2, -0.15) is 0 Å². The summed E-state index contributed by atoms with van der Waals surface area (Å²) in [4.78, 5) is 30.7. The van der Waals surface area contributed by atoms with E-state index in [0.717, 1.165) is 18.5 Å². The zero-order valence-electron chi connectivity index (χ0n) is 15.7. The van der Waals surface area contributed by atoms with Crippen LogP contribution in [0.4, 0.5) is 5.82 Å². The summed E-state index contributed by atoms with van der Waals surface area (Å²) < 4.78 is 5.21. The maximum atomic E-state index is 12.3. The van der Waals surface area contributed by atoms with Crippen LogP contribution in [-0.4, -0.2) is 41.1 Å². The number of hydrogen-bond donors (Lipinski definition) is 2. The third kappa shape index (κ3) is 4.45. The molecule has 8 nitrogen and oxygen atoms in total. The number of carbonyl (C=O) groups excluding carboxylic acids is 2.